The third kappa shape index (κ3) is 14.6. The van der Waals surface area contributed by atoms with Crippen LogP contribution < -0.4 is 0 Å². The first-order chi connectivity index (χ1) is 20.4. The average Bonchev–Trinajstić information content (AvgIpc) is 2.89. The molecule has 1 unspecified atom stereocenters. The maximum absolute atomic E-state index is 2.42. The maximum atomic E-state index is 2.42. The van der Waals surface area contributed by atoms with Crippen molar-refractivity contribution in [3.63, 3.8) is 0 Å². The summed E-state index contributed by atoms with van der Waals surface area (Å²) in [6.45, 7) is 37.3. The van der Waals surface area contributed by atoms with Crippen molar-refractivity contribution < 1.29 is 0 Å². The van der Waals surface area contributed by atoms with Crippen LogP contribution in [-0.4, -0.2) is 0 Å². The molecular weight excluding hydrogens is 528 g/mol. The second-order valence-electron chi connectivity index (χ2n) is 17.5. The Morgan fingerprint density at radius 1 is 0.364 bits per heavy atom. The van der Waals surface area contributed by atoms with Crippen LogP contribution >= 0.6 is 0 Å². The molecule has 0 heteroatoms. The summed E-state index contributed by atoms with van der Waals surface area (Å²) in [6.07, 6.45) is 20.2. The molecule has 0 heterocycles. The van der Waals surface area contributed by atoms with Gasteiger partial charge in [0.2, 0.25) is 0 Å². The fourth-order valence-electron chi connectivity index (χ4n) is 8.97. The van der Waals surface area contributed by atoms with Gasteiger partial charge in [0, 0.05) is 0 Å². The molecule has 0 saturated heterocycles. The summed E-state index contributed by atoms with van der Waals surface area (Å²) in [4.78, 5) is 0. The summed E-state index contributed by atoms with van der Waals surface area (Å²) < 4.78 is 0. The molecule has 8 atom stereocenters. The van der Waals surface area contributed by atoms with Gasteiger partial charge in [-0.3, -0.25) is 0 Å². The van der Waals surface area contributed by atoms with Crippen LogP contribution in [0.2, 0.25) is 0 Å². The predicted molar refractivity (Wildman–Crippen MR) is 202 cm³/mol. The molecule has 4 rings (SSSR count). The Balaban J connectivity index is 0.000000293. The Labute approximate surface area is 279 Å². The van der Waals surface area contributed by atoms with Crippen LogP contribution in [0.3, 0.4) is 0 Å². The van der Waals surface area contributed by atoms with Crippen LogP contribution in [0.5, 0.6) is 0 Å². The molecule has 0 radical (unpaired) electrons. The second kappa shape index (κ2) is 20.3. The molecule has 0 aromatic rings. The Morgan fingerprint density at radius 3 is 0.636 bits per heavy atom. The van der Waals surface area contributed by atoms with Crippen LogP contribution in [0.15, 0.2) is 46.6 Å². The molecule has 0 spiro atoms. The molecule has 256 valence electrons. The van der Waals surface area contributed by atoms with E-state index < -0.39 is 0 Å². The van der Waals surface area contributed by atoms with E-state index in [2.05, 4.69) is 135 Å². The van der Waals surface area contributed by atoms with Crippen molar-refractivity contribution >= 4 is 0 Å². The summed E-state index contributed by atoms with van der Waals surface area (Å²) in [5.74, 6) is 10.8. The normalized spacial score (nSPS) is 32.3. The Kier molecular flexibility index (Phi) is 18.9. The number of rotatable bonds is 4. The summed E-state index contributed by atoms with van der Waals surface area (Å²) >= 11 is 0. The van der Waals surface area contributed by atoms with E-state index in [-0.39, 0.29) is 0 Å². The zero-order valence-corrected chi connectivity index (χ0v) is 32.9. The van der Waals surface area contributed by atoms with Crippen molar-refractivity contribution in [1.82, 2.24) is 0 Å². The molecule has 0 aromatic carbocycles. The van der Waals surface area contributed by atoms with Crippen molar-refractivity contribution in [3.05, 3.63) is 46.6 Å². The molecule has 0 nitrogen and oxygen atoms in total. The maximum Gasteiger partial charge on any atom is -0.0294 e. The predicted octanol–water partition coefficient (Wildman–Crippen LogP) is 14.5. The summed E-state index contributed by atoms with van der Waals surface area (Å²) in [5.41, 5.74) is 6.37. The van der Waals surface area contributed by atoms with E-state index >= 15 is 0 Å². The molecule has 0 saturated carbocycles. The quantitative estimate of drug-likeness (QED) is 0.278. The third-order valence-electron chi connectivity index (χ3n) is 11.9. The van der Waals surface area contributed by atoms with Crippen LogP contribution in [0.25, 0.3) is 0 Å². The Morgan fingerprint density at radius 2 is 0.523 bits per heavy atom. The third-order valence-corrected chi connectivity index (χ3v) is 11.9. The van der Waals surface area contributed by atoms with Crippen molar-refractivity contribution in [2.45, 2.75) is 162 Å². The van der Waals surface area contributed by atoms with Crippen molar-refractivity contribution in [2.75, 3.05) is 0 Å². The van der Waals surface area contributed by atoms with Gasteiger partial charge in [0.1, 0.15) is 0 Å². The zero-order valence-electron chi connectivity index (χ0n) is 32.9. The van der Waals surface area contributed by atoms with E-state index in [1.165, 1.54) is 51.4 Å². The average molecular weight is 609 g/mol. The van der Waals surface area contributed by atoms with E-state index in [1.54, 1.807) is 22.3 Å². The monoisotopic (exact) mass is 609 g/mol. The fraction of sp³-hybridized carbons (Fsp3) is 0.818. The van der Waals surface area contributed by atoms with Gasteiger partial charge < -0.3 is 0 Å². The second-order valence-corrected chi connectivity index (χ2v) is 17.5. The van der Waals surface area contributed by atoms with Crippen molar-refractivity contribution in [1.29, 1.82) is 0 Å². The molecule has 4 aliphatic carbocycles. The van der Waals surface area contributed by atoms with Gasteiger partial charge in [-0.2, -0.15) is 0 Å². The van der Waals surface area contributed by atoms with E-state index in [1.807, 2.05) is 0 Å². The van der Waals surface area contributed by atoms with Crippen LogP contribution in [0.1, 0.15) is 162 Å². The van der Waals surface area contributed by atoms with E-state index in [0.717, 1.165) is 71.0 Å². The number of hydrogen-bond donors (Lipinski definition) is 0. The van der Waals surface area contributed by atoms with Gasteiger partial charge in [-0.25, -0.2) is 0 Å². The molecule has 44 heavy (non-hydrogen) atoms. The molecule has 0 bridgehead atoms. The Bertz CT molecular complexity index is 766. The smallest absolute Gasteiger partial charge is 0.0294 e. The molecular formula is C44H80. The lowest BCUT2D eigenvalue weighted by atomic mass is 9.75. The van der Waals surface area contributed by atoms with E-state index in [9.17, 15) is 0 Å². The minimum absolute atomic E-state index is 0.856. The van der Waals surface area contributed by atoms with Crippen molar-refractivity contribution in [2.24, 2.45) is 71.0 Å². The molecule has 0 amide bonds. The van der Waals surface area contributed by atoms with Gasteiger partial charge in [-0.15, -0.1) is 0 Å². The molecule has 0 fully saturated rings. The molecule has 0 aliphatic heterocycles. The highest BCUT2D eigenvalue weighted by atomic mass is 14.3. The van der Waals surface area contributed by atoms with E-state index in [0.29, 0.717) is 0 Å². The minimum Gasteiger partial charge on any atom is -0.0853 e. The van der Waals surface area contributed by atoms with Gasteiger partial charge >= 0.3 is 0 Å². The van der Waals surface area contributed by atoms with Crippen LogP contribution in [0, 0.1) is 71.0 Å². The lowest BCUT2D eigenvalue weighted by Gasteiger charge is -2.30. The van der Waals surface area contributed by atoms with Crippen molar-refractivity contribution in [3.8, 4) is 0 Å². The topological polar surface area (TPSA) is 0 Å². The largest absolute Gasteiger partial charge is 0.0853 e. The molecule has 0 aromatic heterocycles. The number of hydrogen-bond acceptors (Lipinski definition) is 0. The number of allylic oxidation sites excluding steroid dienone is 8. The lowest BCUT2D eigenvalue weighted by Crippen LogP contribution is -2.20. The fourth-order valence-corrected chi connectivity index (χ4v) is 8.97. The van der Waals surface area contributed by atoms with Gasteiger partial charge in [0.15, 0.2) is 0 Å². The Hall–Kier alpha value is -1.04. The SMILES string of the molecule is CC1=CCC(C(C)C)[C@@H](C)C1.CC1=CC[C@@H](C(C)C)[C@@H](C)C1.CC1=CC[C@@H](C(C)C)[C@H](C)C1.CC1=CC[C@H](C(C)C)[C@H](C)C1. The summed E-state index contributed by atoms with van der Waals surface area (Å²) in [6, 6.07) is 0. The lowest BCUT2D eigenvalue weighted by molar-refractivity contribution is 0.259. The minimum atomic E-state index is 0.856. The van der Waals surface area contributed by atoms with E-state index in [4.69, 9.17) is 0 Å². The van der Waals surface area contributed by atoms with Crippen LogP contribution in [-0.2, 0) is 0 Å². The summed E-state index contributed by atoms with van der Waals surface area (Å²) in [7, 11) is 0. The highest BCUT2D eigenvalue weighted by molar-refractivity contribution is 5.07. The highest BCUT2D eigenvalue weighted by Gasteiger charge is 2.25. The van der Waals surface area contributed by atoms with Gasteiger partial charge in [0.25, 0.3) is 0 Å². The van der Waals surface area contributed by atoms with Gasteiger partial charge in [-0.05, 0) is 150 Å². The van der Waals surface area contributed by atoms with Gasteiger partial charge in [0.05, 0.1) is 0 Å². The first-order valence-electron chi connectivity index (χ1n) is 19.1. The summed E-state index contributed by atoms with van der Waals surface area (Å²) in [5, 5.41) is 0. The zero-order chi connectivity index (χ0) is 33.7. The first-order valence-corrected chi connectivity index (χ1v) is 19.1. The molecule has 0 N–H and O–H groups in total. The van der Waals surface area contributed by atoms with Gasteiger partial charge in [-0.1, -0.05) is 130 Å². The standard InChI is InChI=1S/4C11H20/c4*1-8(2)11-6-5-9(3)7-10(11)4/h4*5,8,10-11H,6-7H2,1-4H3/t10-,11?;10-,11+;2*10-,11-/m0110/s1. The van der Waals surface area contributed by atoms with Crippen LogP contribution in [0.4, 0.5) is 0 Å². The first kappa shape index (κ1) is 41.0. The highest BCUT2D eigenvalue weighted by Crippen LogP contribution is 2.36. The molecule has 4 aliphatic rings.